The number of ether oxygens (including phenoxy) is 1. The molecule has 0 spiro atoms. The number of nitrogen functional groups attached to an aromatic ring is 1. The molecule has 1 aromatic rings. The minimum Gasteiger partial charge on any atom is -0.464 e. The topological polar surface area (TPSA) is 65.2 Å². The fourth-order valence-electron chi connectivity index (χ4n) is 1.98. The number of nitrogens with two attached hydrogens (primary N) is 1. The van der Waals surface area contributed by atoms with Crippen LogP contribution >= 0.6 is 35.0 Å². The van der Waals surface area contributed by atoms with Gasteiger partial charge in [0.25, 0.3) is 0 Å². The highest BCUT2D eigenvalue weighted by molar-refractivity contribution is 8.13. The molecule has 2 N–H and O–H groups in total. The van der Waals surface area contributed by atoms with Gasteiger partial charge in [0, 0.05) is 5.75 Å². The summed E-state index contributed by atoms with van der Waals surface area (Å²) in [7, 11) is 0. The van der Waals surface area contributed by atoms with Crippen LogP contribution in [0.5, 0.6) is 5.88 Å². The molecule has 0 bridgehead atoms. The average Bonchev–Trinajstić information content (AvgIpc) is 2.56. The van der Waals surface area contributed by atoms with Crippen molar-refractivity contribution in [1.29, 1.82) is 0 Å². The number of anilines is 1. The van der Waals surface area contributed by atoms with Gasteiger partial charge in [-0.3, -0.25) is 4.79 Å². The van der Waals surface area contributed by atoms with Gasteiger partial charge in [0.2, 0.25) is 16.9 Å². The first-order valence-electron chi connectivity index (χ1n) is 8.01. The van der Waals surface area contributed by atoms with Crippen molar-refractivity contribution in [3.8, 4) is 5.88 Å². The number of pyridine rings is 1. The Morgan fingerprint density at radius 3 is 2.54 bits per heavy atom. The lowest BCUT2D eigenvalue weighted by Crippen LogP contribution is -2.22. The summed E-state index contributed by atoms with van der Waals surface area (Å²) in [6, 6.07) is 0. The van der Waals surface area contributed by atoms with E-state index < -0.39 is 12.1 Å². The van der Waals surface area contributed by atoms with E-state index >= 15 is 0 Å². The van der Waals surface area contributed by atoms with Crippen molar-refractivity contribution >= 4 is 45.8 Å². The number of hydrogen-bond acceptors (Lipinski definition) is 5. The maximum Gasteiger partial charge on any atom is 0.238 e. The molecular formula is C16H23Cl2FN2O2S. The summed E-state index contributed by atoms with van der Waals surface area (Å²) in [5.74, 6) is -0.471. The van der Waals surface area contributed by atoms with Crippen molar-refractivity contribution in [2.75, 3.05) is 11.5 Å². The van der Waals surface area contributed by atoms with Gasteiger partial charge in [-0.25, -0.2) is 0 Å². The van der Waals surface area contributed by atoms with E-state index in [1.54, 1.807) is 6.92 Å². The summed E-state index contributed by atoms with van der Waals surface area (Å²) < 4.78 is 18.8. The molecule has 0 saturated heterocycles. The number of carbonyl (C=O) groups excluding carboxylic acids is 1. The van der Waals surface area contributed by atoms with E-state index in [0.29, 0.717) is 0 Å². The number of carbonyl (C=O) groups is 1. The van der Waals surface area contributed by atoms with Gasteiger partial charge in [0.05, 0.1) is 5.69 Å². The second-order valence-corrected chi connectivity index (χ2v) is 7.30. The number of unbranched alkanes of at least 4 members (excludes halogenated alkanes) is 5. The van der Waals surface area contributed by atoms with E-state index in [1.807, 2.05) is 0 Å². The average molecular weight is 397 g/mol. The monoisotopic (exact) mass is 396 g/mol. The molecule has 0 saturated carbocycles. The van der Waals surface area contributed by atoms with Crippen molar-refractivity contribution in [1.82, 2.24) is 4.98 Å². The Morgan fingerprint density at radius 1 is 1.25 bits per heavy atom. The Balaban J connectivity index is 2.42. The molecular weight excluding hydrogens is 374 g/mol. The largest absolute Gasteiger partial charge is 0.464 e. The lowest BCUT2D eigenvalue weighted by molar-refractivity contribution is -0.116. The molecule has 1 rings (SSSR count). The number of hydrogen-bond donors (Lipinski definition) is 1. The fraction of sp³-hybridized carbons (Fsp3) is 0.625. The number of thioether (sulfide) groups is 1. The van der Waals surface area contributed by atoms with Crippen LogP contribution < -0.4 is 10.5 Å². The molecule has 0 amide bonds. The van der Waals surface area contributed by atoms with Crippen LogP contribution in [0.2, 0.25) is 10.0 Å². The van der Waals surface area contributed by atoms with Gasteiger partial charge in [-0.2, -0.15) is 9.37 Å². The zero-order valence-corrected chi connectivity index (χ0v) is 16.2. The maximum atomic E-state index is 13.5. The third-order valence-corrected chi connectivity index (χ3v) is 5.24. The van der Waals surface area contributed by atoms with Crippen LogP contribution in [0.25, 0.3) is 0 Å². The molecule has 1 heterocycles. The third-order valence-electron chi connectivity index (χ3n) is 3.40. The van der Waals surface area contributed by atoms with E-state index in [9.17, 15) is 9.18 Å². The van der Waals surface area contributed by atoms with Crippen molar-refractivity contribution in [3.63, 3.8) is 0 Å². The molecule has 0 radical (unpaired) electrons. The molecule has 0 unspecified atom stereocenters. The number of aromatic nitrogens is 1. The third kappa shape index (κ3) is 6.65. The van der Waals surface area contributed by atoms with Gasteiger partial charge in [-0.15, -0.1) is 0 Å². The summed E-state index contributed by atoms with van der Waals surface area (Å²) in [5.41, 5.74) is 5.42. The predicted octanol–water partition coefficient (Wildman–Crippen LogP) is 5.50. The van der Waals surface area contributed by atoms with E-state index in [-0.39, 0.29) is 26.7 Å². The highest BCUT2D eigenvalue weighted by Crippen LogP contribution is 2.35. The van der Waals surface area contributed by atoms with Crippen LogP contribution in [0.1, 0.15) is 52.4 Å². The smallest absolute Gasteiger partial charge is 0.238 e. The van der Waals surface area contributed by atoms with Crippen LogP contribution in [0.15, 0.2) is 0 Å². The zero-order valence-electron chi connectivity index (χ0n) is 13.9. The highest BCUT2D eigenvalue weighted by Gasteiger charge is 2.21. The minimum atomic E-state index is -0.979. The van der Waals surface area contributed by atoms with Crippen molar-refractivity contribution < 1.29 is 13.9 Å². The Kier molecular flexibility index (Phi) is 9.78. The highest BCUT2D eigenvalue weighted by atomic mass is 35.5. The maximum absolute atomic E-state index is 13.5. The van der Waals surface area contributed by atoms with Crippen LogP contribution in [-0.2, 0) is 4.79 Å². The van der Waals surface area contributed by atoms with E-state index in [2.05, 4.69) is 11.9 Å². The van der Waals surface area contributed by atoms with E-state index in [4.69, 9.17) is 33.7 Å². The lowest BCUT2D eigenvalue weighted by atomic mass is 10.1. The molecule has 0 aliphatic carbocycles. The first kappa shape index (κ1) is 21.3. The first-order valence-corrected chi connectivity index (χ1v) is 9.75. The summed E-state index contributed by atoms with van der Waals surface area (Å²) >= 11 is 12.7. The SMILES string of the molecule is CCCCCCCCSC(=O)[C@@H](C)Oc1nc(F)c(Cl)c(N)c1Cl. The predicted molar refractivity (Wildman–Crippen MR) is 99.6 cm³/mol. The van der Waals surface area contributed by atoms with E-state index in [1.165, 1.54) is 37.4 Å². The Labute approximate surface area is 156 Å². The second kappa shape index (κ2) is 11.0. The molecule has 136 valence electrons. The van der Waals surface area contributed by atoms with Gasteiger partial charge in [0.15, 0.2) is 6.10 Å². The Morgan fingerprint density at radius 2 is 1.88 bits per heavy atom. The number of halogens is 3. The number of rotatable bonds is 10. The number of nitrogens with zero attached hydrogens (tertiary/aromatic N) is 1. The first-order chi connectivity index (χ1) is 11.4. The van der Waals surface area contributed by atoms with Gasteiger partial charge >= 0.3 is 0 Å². The second-order valence-electron chi connectivity index (χ2n) is 5.44. The molecule has 0 aliphatic heterocycles. The normalized spacial score (nSPS) is 12.2. The van der Waals surface area contributed by atoms with Crippen molar-refractivity contribution in [3.05, 3.63) is 16.0 Å². The van der Waals surface area contributed by atoms with Crippen LogP contribution in [0.4, 0.5) is 10.1 Å². The van der Waals surface area contributed by atoms with Crippen LogP contribution in [0.3, 0.4) is 0 Å². The standard InChI is InChI=1S/C16H23Cl2FN2O2S/c1-3-4-5-6-7-8-9-24-16(22)10(2)23-15-12(18)13(20)11(17)14(19)21-15/h10H,3-9H2,1-2H3,(H2,20,21)/t10-/m1/s1. The molecule has 0 aliphatic rings. The molecule has 0 fully saturated rings. The van der Waals surface area contributed by atoms with Gasteiger partial charge in [-0.1, -0.05) is 74.0 Å². The summed E-state index contributed by atoms with van der Waals surface area (Å²) in [6.07, 6.45) is 6.19. The molecule has 4 nitrogen and oxygen atoms in total. The molecule has 0 aromatic carbocycles. The van der Waals surface area contributed by atoms with E-state index in [0.717, 1.165) is 18.6 Å². The summed E-state index contributed by atoms with van der Waals surface area (Å²) in [6.45, 7) is 3.74. The lowest BCUT2D eigenvalue weighted by Gasteiger charge is -2.14. The quantitative estimate of drug-likeness (QED) is 0.417. The van der Waals surface area contributed by atoms with Crippen LogP contribution in [-0.4, -0.2) is 22.0 Å². The van der Waals surface area contributed by atoms with Crippen molar-refractivity contribution in [2.45, 2.75) is 58.5 Å². The van der Waals surface area contributed by atoms with Gasteiger partial charge in [0.1, 0.15) is 10.0 Å². The summed E-state index contributed by atoms with van der Waals surface area (Å²) in [4.78, 5) is 15.5. The van der Waals surface area contributed by atoms with Crippen molar-refractivity contribution in [2.24, 2.45) is 0 Å². The molecule has 1 aromatic heterocycles. The van der Waals surface area contributed by atoms with Gasteiger partial charge < -0.3 is 10.5 Å². The van der Waals surface area contributed by atoms with Gasteiger partial charge in [-0.05, 0) is 13.3 Å². The molecule has 1 atom stereocenters. The molecule has 24 heavy (non-hydrogen) atoms. The molecule has 8 heteroatoms. The van der Waals surface area contributed by atoms with Crippen LogP contribution in [0, 0.1) is 5.95 Å². The minimum absolute atomic E-state index is 0.0954. The Bertz CT molecular complexity index is 561. The summed E-state index contributed by atoms with van der Waals surface area (Å²) in [5, 5.41) is -0.610. The zero-order chi connectivity index (χ0) is 18.1. The fourth-order valence-corrected chi connectivity index (χ4v) is 3.18. The Hall–Kier alpha value is -0.720.